The van der Waals surface area contributed by atoms with Gasteiger partial charge in [-0.2, -0.15) is 0 Å². The third-order valence-corrected chi connectivity index (χ3v) is 2.49. The highest BCUT2D eigenvalue weighted by Gasteiger charge is 2.10. The molecule has 0 atom stereocenters. The lowest BCUT2D eigenvalue weighted by molar-refractivity contribution is -0.130. The van der Waals surface area contributed by atoms with E-state index in [1.54, 1.807) is 7.11 Å². The van der Waals surface area contributed by atoms with Crippen LogP contribution in [0.15, 0.2) is 6.07 Å². The zero-order valence-corrected chi connectivity index (χ0v) is 9.84. The number of aryl methyl sites for hydroxylation is 2. The van der Waals surface area contributed by atoms with Gasteiger partial charge in [-0.3, -0.25) is 0 Å². The van der Waals surface area contributed by atoms with Gasteiger partial charge in [0.1, 0.15) is 5.75 Å². The standard InChI is InChI=1S/C13H14O3/c1-8-7-9(2)11(5-6-12(14)15)13(16-4)10(8)3/h7H,1-4H3,(H,14,15). The second kappa shape index (κ2) is 4.71. The lowest BCUT2D eigenvalue weighted by Gasteiger charge is -2.12. The van der Waals surface area contributed by atoms with Gasteiger partial charge in [-0.1, -0.05) is 12.0 Å². The molecule has 0 bridgehead atoms. The smallest absolute Gasteiger partial charge is 0.382 e. The number of benzene rings is 1. The van der Waals surface area contributed by atoms with Crippen LogP contribution in [-0.2, 0) is 4.79 Å². The molecular formula is C13H14O3. The predicted molar refractivity (Wildman–Crippen MR) is 61.7 cm³/mol. The maximum absolute atomic E-state index is 10.4. The van der Waals surface area contributed by atoms with Crippen LogP contribution in [0.3, 0.4) is 0 Å². The Labute approximate surface area is 95.1 Å². The summed E-state index contributed by atoms with van der Waals surface area (Å²) in [5.74, 6) is 4.26. The van der Waals surface area contributed by atoms with Crippen molar-refractivity contribution in [2.75, 3.05) is 7.11 Å². The summed E-state index contributed by atoms with van der Waals surface area (Å²) in [6.07, 6.45) is 0. The number of rotatable bonds is 1. The van der Waals surface area contributed by atoms with Crippen LogP contribution in [0.25, 0.3) is 0 Å². The molecule has 0 unspecified atom stereocenters. The van der Waals surface area contributed by atoms with Gasteiger partial charge in [-0.05, 0) is 37.5 Å². The molecule has 84 valence electrons. The van der Waals surface area contributed by atoms with Crippen molar-refractivity contribution in [3.63, 3.8) is 0 Å². The van der Waals surface area contributed by atoms with Crippen LogP contribution in [0.1, 0.15) is 22.3 Å². The van der Waals surface area contributed by atoms with Crippen LogP contribution in [0, 0.1) is 32.6 Å². The number of carbonyl (C=O) groups is 1. The molecule has 0 spiro atoms. The minimum Gasteiger partial charge on any atom is -0.495 e. The molecule has 3 nitrogen and oxygen atoms in total. The predicted octanol–water partition coefficient (Wildman–Crippen LogP) is 2.06. The Balaban J connectivity index is 3.45. The van der Waals surface area contributed by atoms with E-state index in [1.807, 2.05) is 26.8 Å². The first-order valence-corrected chi connectivity index (χ1v) is 4.87. The van der Waals surface area contributed by atoms with Crippen molar-refractivity contribution >= 4 is 5.97 Å². The fourth-order valence-corrected chi connectivity index (χ4v) is 1.58. The number of carboxylic acids is 1. The van der Waals surface area contributed by atoms with E-state index in [0.717, 1.165) is 16.7 Å². The monoisotopic (exact) mass is 218 g/mol. The second-order valence-electron chi connectivity index (χ2n) is 3.60. The molecule has 0 fully saturated rings. The summed E-state index contributed by atoms with van der Waals surface area (Å²) in [5.41, 5.74) is 3.67. The van der Waals surface area contributed by atoms with Gasteiger partial charge in [0.15, 0.2) is 0 Å². The number of hydrogen-bond donors (Lipinski definition) is 1. The first-order valence-electron chi connectivity index (χ1n) is 4.87. The molecule has 0 saturated carbocycles. The van der Waals surface area contributed by atoms with Gasteiger partial charge < -0.3 is 9.84 Å². The van der Waals surface area contributed by atoms with Crippen molar-refractivity contribution in [1.29, 1.82) is 0 Å². The fraction of sp³-hybridized carbons (Fsp3) is 0.308. The van der Waals surface area contributed by atoms with E-state index < -0.39 is 5.97 Å². The van der Waals surface area contributed by atoms with Gasteiger partial charge in [0, 0.05) is 5.92 Å². The molecule has 3 heteroatoms. The quantitative estimate of drug-likeness (QED) is 0.734. The summed E-state index contributed by atoms with van der Waals surface area (Å²) in [6.45, 7) is 5.81. The molecule has 0 aliphatic rings. The summed E-state index contributed by atoms with van der Waals surface area (Å²) >= 11 is 0. The Bertz CT molecular complexity index is 490. The summed E-state index contributed by atoms with van der Waals surface area (Å²) < 4.78 is 5.27. The minimum absolute atomic E-state index is 0.646. The molecular weight excluding hydrogens is 204 g/mol. The average molecular weight is 218 g/mol. The van der Waals surface area contributed by atoms with Crippen LogP contribution in [-0.4, -0.2) is 18.2 Å². The van der Waals surface area contributed by atoms with E-state index in [9.17, 15) is 4.79 Å². The van der Waals surface area contributed by atoms with Crippen molar-refractivity contribution in [2.24, 2.45) is 0 Å². The van der Waals surface area contributed by atoms with Crippen molar-refractivity contribution in [3.05, 3.63) is 28.3 Å². The molecule has 16 heavy (non-hydrogen) atoms. The topological polar surface area (TPSA) is 46.5 Å². The normalized spacial score (nSPS) is 9.25. The Morgan fingerprint density at radius 3 is 2.44 bits per heavy atom. The molecule has 0 saturated heterocycles. The van der Waals surface area contributed by atoms with Crippen LogP contribution in [0.2, 0.25) is 0 Å². The maximum Gasteiger partial charge on any atom is 0.382 e. The number of carboxylic acid groups (broad SMARTS) is 1. The summed E-state index contributed by atoms with van der Waals surface area (Å²) in [4.78, 5) is 10.4. The Morgan fingerprint density at radius 1 is 1.31 bits per heavy atom. The first kappa shape index (κ1) is 12.1. The fourth-order valence-electron chi connectivity index (χ4n) is 1.58. The first-order chi connectivity index (χ1) is 7.47. The summed E-state index contributed by atoms with van der Waals surface area (Å²) in [7, 11) is 1.56. The van der Waals surface area contributed by atoms with E-state index in [2.05, 4.69) is 11.8 Å². The molecule has 0 aromatic heterocycles. The van der Waals surface area contributed by atoms with Gasteiger partial charge in [-0.15, -0.1) is 0 Å². The third-order valence-electron chi connectivity index (χ3n) is 2.49. The van der Waals surface area contributed by atoms with Crippen molar-refractivity contribution < 1.29 is 14.6 Å². The van der Waals surface area contributed by atoms with Crippen LogP contribution in [0.4, 0.5) is 0 Å². The second-order valence-corrected chi connectivity index (χ2v) is 3.60. The van der Waals surface area contributed by atoms with Crippen LogP contribution in [0.5, 0.6) is 5.75 Å². The highest BCUT2D eigenvalue weighted by atomic mass is 16.5. The minimum atomic E-state index is -1.14. The maximum atomic E-state index is 10.4. The van der Waals surface area contributed by atoms with Gasteiger partial charge in [0.05, 0.1) is 12.7 Å². The van der Waals surface area contributed by atoms with Crippen molar-refractivity contribution in [3.8, 4) is 17.6 Å². The van der Waals surface area contributed by atoms with Gasteiger partial charge in [-0.25, -0.2) is 4.79 Å². The Kier molecular flexibility index (Phi) is 3.57. The summed E-state index contributed by atoms with van der Waals surface area (Å²) in [6, 6.07) is 1.98. The van der Waals surface area contributed by atoms with Crippen molar-refractivity contribution in [2.45, 2.75) is 20.8 Å². The number of methoxy groups -OCH3 is 1. The Hall–Kier alpha value is -1.95. The molecule has 0 radical (unpaired) electrons. The summed E-state index contributed by atoms with van der Waals surface area (Å²) in [5, 5.41) is 8.54. The zero-order valence-electron chi connectivity index (χ0n) is 9.84. The lowest BCUT2D eigenvalue weighted by Crippen LogP contribution is -1.98. The van der Waals surface area contributed by atoms with Crippen LogP contribution >= 0.6 is 0 Å². The zero-order chi connectivity index (χ0) is 12.3. The lowest BCUT2D eigenvalue weighted by atomic mass is 9.99. The van der Waals surface area contributed by atoms with Crippen LogP contribution < -0.4 is 4.74 Å². The van der Waals surface area contributed by atoms with E-state index >= 15 is 0 Å². The van der Waals surface area contributed by atoms with Gasteiger partial charge in [0.25, 0.3) is 0 Å². The molecule has 1 N–H and O–H groups in total. The highest BCUT2D eigenvalue weighted by molar-refractivity contribution is 5.87. The van der Waals surface area contributed by atoms with Crippen molar-refractivity contribution in [1.82, 2.24) is 0 Å². The third kappa shape index (κ3) is 2.34. The number of ether oxygens (including phenoxy) is 1. The number of hydrogen-bond acceptors (Lipinski definition) is 2. The van der Waals surface area contributed by atoms with E-state index in [4.69, 9.17) is 9.84 Å². The van der Waals surface area contributed by atoms with Gasteiger partial charge >= 0.3 is 5.97 Å². The molecule has 0 aliphatic heterocycles. The largest absolute Gasteiger partial charge is 0.495 e. The molecule has 1 aromatic rings. The molecule has 1 aromatic carbocycles. The van der Waals surface area contributed by atoms with E-state index in [0.29, 0.717) is 11.3 Å². The highest BCUT2D eigenvalue weighted by Crippen LogP contribution is 2.28. The number of aliphatic carboxylic acids is 1. The Morgan fingerprint density at radius 2 is 1.94 bits per heavy atom. The molecule has 1 rings (SSSR count). The SMILES string of the molecule is COc1c(C)c(C)cc(C)c1C#CC(=O)O. The van der Waals surface area contributed by atoms with E-state index in [1.165, 1.54) is 0 Å². The van der Waals surface area contributed by atoms with E-state index in [-0.39, 0.29) is 0 Å². The molecule has 0 heterocycles. The van der Waals surface area contributed by atoms with Gasteiger partial charge in [0.2, 0.25) is 0 Å². The molecule has 0 aliphatic carbocycles. The molecule has 0 amide bonds. The average Bonchev–Trinajstić information content (AvgIpc) is 2.21.